The number of carbonyl (C=O) groups excluding carboxylic acids is 1. The Morgan fingerprint density at radius 2 is 1.88 bits per heavy atom. The third-order valence-electron chi connectivity index (χ3n) is 6.18. The van der Waals surface area contributed by atoms with Crippen molar-refractivity contribution in [1.29, 1.82) is 0 Å². The van der Waals surface area contributed by atoms with Crippen LogP contribution in [-0.2, 0) is 10.2 Å². The van der Waals surface area contributed by atoms with Crippen molar-refractivity contribution in [2.24, 2.45) is 5.41 Å². The fourth-order valence-corrected chi connectivity index (χ4v) is 4.63. The number of benzene rings is 1. The maximum Gasteiger partial charge on any atom is 0.234 e. The van der Waals surface area contributed by atoms with Gasteiger partial charge in [0.2, 0.25) is 5.91 Å². The van der Waals surface area contributed by atoms with Gasteiger partial charge in [-0.15, -0.1) is 0 Å². The topological polar surface area (TPSA) is 52.6 Å². The van der Waals surface area contributed by atoms with E-state index in [2.05, 4.69) is 47.5 Å². The van der Waals surface area contributed by atoms with Crippen LogP contribution < -0.4 is 5.32 Å². The second-order valence-corrected chi connectivity index (χ2v) is 8.41. The lowest BCUT2D eigenvalue weighted by Gasteiger charge is -2.39. The summed E-state index contributed by atoms with van der Waals surface area (Å²) in [6.07, 6.45) is 6.89. The Morgan fingerprint density at radius 1 is 1.16 bits per heavy atom. The number of aliphatic hydroxyl groups is 1. The molecule has 1 aliphatic heterocycles. The lowest BCUT2D eigenvalue weighted by Crippen LogP contribution is -2.49. The third kappa shape index (κ3) is 4.42. The number of piperidine rings is 1. The van der Waals surface area contributed by atoms with Crippen molar-refractivity contribution in [2.45, 2.75) is 50.9 Å². The van der Waals surface area contributed by atoms with Crippen LogP contribution in [0.25, 0.3) is 0 Å². The zero-order valence-electron chi connectivity index (χ0n) is 15.5. The van der Waals surface area contributed by atoms with E-state index in [0.717, 1.165) is 45.3 Å². The van der Waals surface area contributed by atoms with Crippen LogP contribution in [0.4, 0.5) is 0 Å². The minimum absolute atomic E-state index is 0.0603. The number of carbonyl (C=O) groups is 1. The van der Waals surface area contributed by atoms with Gasteiger partial charge in [-0.2, -0.15) is 0 Å². The highest BCUT2D eigenvalue weighted by atomic mass is 16.3. The van der Waals surface area contributed by atoms with E-state index in [0.29, 0.717) is 6.54 Å². The summed E-state index contributed by atoms with van der Waals surface area (Å²) in [5, 5.41) is 12.8. The largest absolute Gasteiger partial charge is 0.396 e. The molecule has 1 heterocycles. The van der Waals surface area contributed by atoms with Gasteiger partial charge in [-0.3, -0.25) is 9.69 Å². The van der Waals surface area contributed by atoms with Crippen LogP contribution in [0.1, 0.15) is 51.0 Å². The van der Waals surface area contributed by atoms with E-state index in [1.807, 2.05) is 0 Å². The fourth-order valence-electron chi connectivity index (χ4n) is 4.63. The molecule has 0 bridgehead atoms. The monoisotopic (exact) mass is 344 g/mol. The second-order valence-electron chi connectivity index (χ2n) is 8.41. The normalized spacial score (nSPS) is 26.5. The first-order valence-electron chi connectivity index (χ1n) is 9.71. The molecule has 1 unspecified atom stereocenters. The van der Waals surface area contributed by atoms with Crippen LogP contribution in [0, 0.1) is 5.41 Å². The molecule has 0 radical (unpaired) electrons. The molecule has 138 valence electrons. The molecule has 1 amide bonds. The van der Waals surface area contributed by atoms with Crippen molar-refractivity contribution in [2.75, 3.05) is 32.8 Å². The van der Waals surface area contributed by atoms with Gasteiger partial charge in [0.1, 0.15) is 0 Å². The Balaban J connectivity index is 1.56. The van der Waals surface area contributed by atoms with E-state index in [1.165, 1.54) is 18.4 Å². The number of hydrogen-bond donors (Lipinski definition) is 2. The van der Waals surface area contributed by atoms with Crippen molar-refractivity contribution in [3.63, 3.8) is 0 Å². The number of amides is 1. The summed E-state index contributed by atoms with van der Waals surface area (Å²) in [6, 6.07) is 10.7. The second kappa shape index (κ2) is 7.88. The SMILES string of the molecule is CC1(CO)CCCN(CC(=O)NCC2(c3ccccc3)CCCC2)C1. The number of rotatable bonds is 6. The van der Waals surface area contributed by atoms with Crippen molar-refractivity contribution in [3.05, 3.63) is 35.9 Å². The molecule has 3 rings (SSSR count). The van der Waals surface area contributed by atoms with Crippen molar-refractivity contribution >= 4 is 5.91 Å². The molecule has 2 N–H and O–H groups in total. The molecule has 1 aromatic rings. The van der Waals surface area contributed by atoms with Gasteiger partial charge in [-0.05, 0) is 37.8 Å². The van der Waals surface area contributed by atoms with Gasteiger partial charge in [-0.1, -0.05) is 50.1 Å². The third-order valence-corrected chi connectivity index (χ3v) is 6.18. The van der Waals surface area contributed by atoms with Crippen LogP contribution in [0.5, 0.6) is 0 Å². The summed E-state index contributed by atoms with van der Waals surface area (Å²) in [6.45, 7) is 5.25. The summed E-state index contributed by atoms with van der Waals surface area (Å²) < 4.78 is 0. The maximum atomic E-state index is 12.5. The van der Waals surface area contributed by atoms with Gasteiger partial charge in [0.25, 0.3) is 0 Å². The van der Waals surface area contributed by atoms with Gasteiger partial charge in [0, 0.05) is 30.5 Å². The van der Waals surface area contributed by atoms with Crippen molar-refractivity contribution in [3.8, 4) is 0 Å². The molecule has 4 heteroatoms. The molecule has 25 heavy (non-hydrogen) atoms. The molecule has 1 saturated carbocycles. The lowest BCUT2D eigenvalue weighted by molar-refractivity contribution is -0.123. The highest BCUT2D eigenvalue weighted by Gasteiger charge is 2.36. The Labute approximate surface area is 151 Å². The quantitative estimate of drug-likeness (QED) is 0.834. The molecule has 1 aromatic carbocycles. The predicted octanol–water partition coefficient (Wildman–Crippen LogP) is 2.71. The fraction of sp³-hybridized carbons (Fsp3) is 0.667. The molecule has 2 aliphatic rings. The van der Waals surface area contributed by atoms with Crippen molar-refractivity contribution < 1.29 is 9.90 Å². The number of aliphatic hydroxyl groups excluding tert-OH is 1. The Hall–Kier alpha value is -1.39. The summed E-state index contributed by atoms with van der Waals surface area (Å²) in [5.74, 6) is 0.115. The first kappa shape index (κ1) is 18.4. The average molecular weight is 344 g/mol. The van der Waals surface area contributed by atoms with E-state index in [1.54, 1.807) is 0 Å². The maximum absolute atomic E-state index is 12.5. The van der Waals surface area contributed by atoms with Gasteiger partial charge >= 0.3 is 0 Å². The molecule has 1 saturated heterocycles. The van der Waals surface area contributed by atoms with E-state index < -0.39 is 0 Å². The van der Waals surface area contributed by atoms with Crippen LogP contribution >= 0.6 is 0 Å². The van der Waals surface area contributed by atoms with E-state index in [-0.39, 0.29) is 23.3 Å². The summed E-state index contributed by atoms with van der Waals surface area (Å²) >= 11 is 0. The number of hydrogen-bond acceptors (Lipinski definition) is 3. The first-order valence-corrected chi connectivity index (χ1v) is 9.71. The number of likely N-dealkylation sites (tertiary alicyclic amines) is 1. The summed E-state index contributed by atoms with van der Waals surface area (Å²) in [7, 11) is 0. The summed E-state index contributed by atoms with van der Waals surface area (Å²) in [4.78, 5) is 14.7. The zero-order chi connectivity index (χ0) is 17.8. The molecule has 0 spiro atoms. The Kier molecular flexibility index (Phi) is 5.80. The summed E-state index contributed by atoms with van der Waals surface area (Å²) in [5.41, 5.74) is 1.41. The van der Waals surface area contributed by atoms with E-state index in [4.69, 9.17) is 0 Å². The minimum Gasteiger partial charge on any atom is -0.396 e. The molecule has 2 fully saturated rings. The number of nitrogens with one attached hydrogen (secondary N) is 1. The average Bonchev–Trinajstić information content (AvgIpc) is 3.11. The molecule has 4 nitrogen and oxygen atoms in total. The van der Waals surface area contributed by atoms with Gasteiger partial charge in [0.05, 0.1) is 6.54 Å². The highest BCUT2D eigenvalue weighted by Crippen LogP contribution is 2.40. The predicted molar refractivity (Wildman–Crippen MR) is 100 cm³/mol. The first-order chi connectivity index (χ1) is 12.1. The molecular weight excluding hydrogens is 312 g/mol. The molecule has 1 atom stereocenters. The molecular formula is C21H32N2O2. The van der Waals surface area contributed by atoms with E-state index in [9.17, 15) is 9.90 Å². The molecule has 1 aliphatic carbocycles. The standard InChI is InChI=1S/C21H32N2O2/c1-20(17-24)10-7-13-23(16-20)14-19(25)22-15-21(11-5-6-12-21)18-8-3-2-4-9-18/h2-4,8-9,24H,5-7,10-17H2,1H3,(H,22,25). The minimum atomic E-state index is -0.0603. The molecule has 0 aromatic heterocycles. The van der Waals surface area contributed by atoms with Crippen LogP contribution in [0.15, 0.2) is 30.3 Å². The smallest absolute Gasteiger partial charge is 0.234 e. The zero-order valence-corrected chi connectivity index (χ0v) is 15.5. The Morgan fingerprint density at radius 3 is 2.56 bits per heavy atom. The van der Waals surface area contributed by atoms with Crippen molar-refractivity contribution in [1.82, 2.24) is 10.2 Å². The van der Waals surface area contributed by atoms with E-state index >= 15 is 0 Å². The van der Waals surface area contributed by atoms with Gasteiger partial charge < -0.3 is 10.4 Å². The highest BCUT2D eigenvalue weighted by molar-refractivity contribution is 5.78. The Bertz CT molecular complexity index is 569. The van der Waals surface area contributed by atoms with Gasteiger partial charge in [-0.25, -0.2) is 0 Å². The number of nitrogens with zero attached hydrogens (tertiary/aromatic N) is 1. The van der Waals surface area contributed by atoms with Crippen LogP contribution in [0.3, 0.4) is 0 Å². The van der Waals surface area contributed by atoms with Crippen LogP contribution in [0.2, 0.25) is 0 Å². The van der Waals surface area contributed by atoms with Crippen LogP contribution in [-0.4, -0.2) is 48.7 Å². The lowest BCUT2D eigenvalue weighted by atomic mass is 9.79. The van der Waals surface area contributed by atoms with Gasteiger partial charge in [0.15, 0.2) is 0 Å².